The first-order valence-corrected chi connectivity index (χ1v) is 10.3. The normalized spacial score (nSPS) is 31.3. The number of nitrogens with zero attached hydrogens (tertiary/aromatic N) is 2. The summed E-state index contributed by atoms with van der Waals surface area (Å²) in [5.74, 6) is -1.42. The van der Waals surface area contributed by atoms with Gasteiger partial charge in [0.05, 0.1) is 36.5 Å². The van der Waals surface area contributed by atoms with Gasteiger partial charge in [-0.3, -0.25) is 0 Å². The van der Waals surface area contributed by atoms with Gasteiger partial charge < -0.3 is 18.9 Å². The highest BCUT2D eigenvalue weighted by Gasteiger charge is 2.66. The second-order valence-corrected chi connectivity index (χ2v) is 8.11. The summed E-state index contributed by atoms with van der Waals surface area (Å²) in [5, 5.41) is 17.9. The summed E-state index contributed by atoms with van der Waals surface area (Å²) in [7, 11) is 0. The summed E-state index contributed by atoms with van der Waals surface area (Å²) in [4.78, 5) is 0. The van der Waals surface area contributed by atoms with Crippen LogP contribution in [0.5, 0.6) is 0 Å². The van der Waals surface area contributed by atoms with Crippen LogP contribution < -0.4 is 0 Å². The van der Waals surface area contributed by atoms with E-state index in [1.54, 1.807) is 24.3 Å². The third-order valence-corrected chi connectivity index (χ3v) is 6.31. The number of benzene rings is 2. The molecule has 2 saturated carbocycles. The third-order valence-electron chi connectivity index (χ3n) is 6.31. The molecule has 0 amide bonds. The van der Waals surface area contributed by atoms with Gasteiger partial charge in [-0.05, 0) is 48.2 Å². The van der Waals surface area contributed by atoms with Gasteiger partial charge in [-0.15, -0.1) is 0 Å². The molecule has 0 radical (unpaired) electrons. The van der Waals surface area contributed by atoms with Crippen LogP contribution in [0.4, 0.5) is 0 Å². The zero-order valence-electron chi connectivity index (χ0n) is 16.5. The molecule has 5 rings (SSSR count). The van der Waals surface area contributed by atoms with Gasteiger partial charge in [-0.2, -0.15) is 10.5 Å². The molecule has 1 heterocycles. The molecule has 0 N–H and O–H groups in total. The second kappa shape index (κ2) is 7.50. The van der Waals surface area contributed by atoms with E-state index in [2.05, 4.69) is 12.1 Å². The number of hydrogen-bond donors (Lipinski definition) is 0. The van der Waals surface area contributed by atoms with Gasteiger partial charge in [0.25, 0.3) is 0 Å². The molecule has 6 nitrogen and oxygen atoms in total. The topological polar surface area (TPSA) is 84.5 Å². The van der Waals surface area contributed by atoms with Crippen molar-refractivity contribution in [3.8, 4) is 12.1 Å². The maximum Gasteiger partial charge on any atom is 0.195 e. The van der Waals surface area contributed by atoms with Crippen LogP contribution in [0.25, 0.3) is 0 Å². The standard InChI is InChI=1S/C24H22N2O4/c25-13-17-1-5-19(6-2-17)15-27-23-11-9-21(23)30-24(12-10-22(24)29-23)28-16-20-7-3-18(14-26)4-8-20/h1-8,21-22H,9-12,15-16H2/t21-,22-,23+,24+/m0/s1. The van der Waals surface area contributed by atoms with E-state index < -0.39 is 11.6 Å². The first kappa shape index (κ1) is 19.2. The largest absolute Gasteiger partial charge is 0.343 e. The maximum atomic E-state index is 8.93. The van der Waals surface area contributed by atoms with Crippen molar-refractivity contribution >= 4 is 0 Å². The molecule has 1 saturated heterocycles. The first-order valence-electron chi connectivity index (χ1n) is 10.3. The lowest BCUT2D eigenvalue weighted by Crippen LogP contribution is -2.73. The number of hydrogen-bond acceptors (Lipinski definition) is 6. The first-order chi connectivity index (χ1) is 14.6. The lowest BCUT2D eigenvalue weighted by atomic mass is 9.78. The minimum atomic E-state index is -0.708. The molecular weight excluding hydrogens is 380 g/mol. The Kier molecular flexibility index (Phi) is 4.81. The molecule has 1 aliphatic heterocycles. The Labute approximate surface area is 175 Å². The minimum absolute atomic E-state index is 0.145. The summed E-state index contributed by atoms with van der Waals surface area (Å²) in [6.07, 6.45) is 3.07. The lowest BCUT2D eigenvalue weighted by molar-refractivity contribution is -0.494. The van der Waals surface area contributed by atoms with E-state index >= 15 is 0 Å². The SMILES string of the molecule is N#Cc1ccc(CO[C@@]23CC[C@@H]2O[C@]2(OCc4ccc(C#N)cc4)CC[C@@H]2O3)cc1. The van der Waals surface area contributed by atoms with E-state index in [4.69, 9.17) is 29.5 Å². The van der Waals surface area contributed by atoms with Crippen molar-refractivity contribution in [3.05, 3.63) is 70.8 Å². The van der Waals surface area contributed by atoms with Crippen LogP contribution in [0.3, 0.4) is 0 Å². The van der Waals surface area contributed by atoms with Crippen molar-refractivity contribution in [2.24, 2.45) is 0 Å². The molecule has 0 spiro atoms. The van der Waals surface area contributed by atoms with Gasteiger partial charge in [-0.1, -0.05) is 24.3 Å². The van der Waals surface area contributed by atoms with E-state index in [9.17, 15) is 0 Å². The Morgan fingerprint density at radius 1 is 0.733 bits per heavy atom. The molecule has 3 aliphatic rings. The molecule has 0 bridgehead atoms. The molecule has 3 fully saturated rings. The van der Waals surface area contributed by atoms with Crippen LogP contribution in [0, 0.1) is 22.7 Å². The molecule has 0 aromatic heterocycles. The zero-order chi connectivity index (χ0) is 20.6. The van der Waals surface area contributed by atoms with Gasteiger partial charge in [0, 0.05) is 12.8 Å². The summed E-state index contributed by atoms with van der Waals surface area (Å²) >= 11 is 0. The van der Waals surface area contributed by atoms with Crippen molar-refractivity contribution in [3.63, 3.8) is 0 Å². The van der Waals surface area contributed by atoms with Crippen LogP contribution >= 0.6 is 0 Å². The van der Waals surface area contributed by atoms with Gasteiger partial charge in [0.15, 0.2) is 11.6 Å². The highest BCUT2D eigenvalue weighted by Crippen LogP contribution is 2.55. The van der Waals surface area contributed by atoms with E-state index in [0.29, 0.717) is 24.3 Å². The Morgan fingerprint density at radius 3 is 1.43 bits per heavy atom. The van der Waals surface area contributed by atoms with Gasteiger partial charge in [-0.25, -0.2) is 0 Å². The van der Waals surface area contributed by atoms with Gasteiger partial charge >= 0.3 is 0 Å². The van der Waals surface area contributed by atoms with Crippen molar-refractivity contribution in [2.75, 3.05) is 0 Å². The van der Waals surface area contributed by atoms with Crippen LogP contribution in [0.2, 0.25) is 0 Å². The average Bonchev–Trinajstić information content (AvgIpc) is 2.77. The fraction of sp³-hybridized carbons (Fsp3) is 0.417. The zero-order valence-corrected chi connectivity index (χ0v) is 16.5. The predicted octanol–water partition coefficient (Wildman–Crippen LogP) is 3.93. The molecule has 30 heavy (non-hydrogen) atoms. The molecule has 2 aromatic carbocycles. The molecule has 0 unspecified atom stereocenters. The van der Waals surface area contributed by atoms with Crippen molar-refractivity contribution in [1.29, 1.82) is 10.5 Å². The summed E-state index contributed by atoms with van der Waals surface area (Å²) in [5.41, 5.74) is 3.27. The van der Waals surface area contributed by atoms with Crippen LogP contribution in [-0.2, 0) is 32.2 Å². The fourth-order valence-corrected chi connectivity index (χ4v) is 4.20. The molecule has 6 heteroatoms. The van der Waals surface area contributed by atoms with Gasteiger partial charge in [0.1, 0.15) is 12.2 Å². The quantitative estimate of drug-likeness (QED) is 0.728. The number of rotatable bonds is 6. The van der Waals surface area contributed by atoms with E-state index in [1.165, 1.54) is 0 Å². The predicted molar refractivity (Wildman–Crippen MR) is 106 cm³/mol. The Balaban J connectivity index is 1.21. The highest BCUT2D eigenvalue weighted by atomic mass is 16.8. The van der Waals surface area contributed by atoms with Crippen molar-refractivity contribution in [1.82, 2.24) is 0 Å². The maximum absolute atomic E-state index is 8.93. The van der Waals surface area contributed by atoms with Crippen molar-refractivity contribution in [2.45, 2.75) is 62.7 Å². The minimum Gasteiger partial charge on any atom is -0.343 e. The second-order valence-electron chi connectivity index (χ2n) is 8.11. The summed E-state index contributed by atoms with van der Waals surface area (Å²) < 4.78 is 25.2. The van der Waals surface area contributed by atoms with E-state index in [0.717, 1.165) is 36.8 Å². The average molecular weight is 402 g/mol. The molecular formula is C24H22N2O4. The third kappa shape index (κ3) is 3.29. The molecule has 2 aromatic rings. The number of fused-ring (bicyclic) bond motifs is 2. The van der Waals surface area contributed by atoms with E-state index in [1.807, 2.05) is 24.3 Å². The van der Waals surface area contributed by atoms with Gasteiger partial charge in [0.2, 0.25) is 0 Å². The monoisotopic (exact) mass is 402 g/mol. The van der Waals surface area contributed by atoms with Crippen LogP contribution in [-0.4, -0.2) is 23.8 Å². The Hall–Kier alpha value is -2.74. The summed E-state index contributed by atoms with van der Waals surface area (Å²) in [6, 6.07) is 19.0. The Bertz CT molecular complexity index is 924. The van der Waals surface area contributed by atoms with E-state index in [-0.39, 0.29) is 12.2 Å². The number of nitriles is 2. The highest BCUT2D eigenvalue weighted by molar-refractivity contribution is 5.32. The fourth-order valence-electron chi connectivity index (χ4n) is 4.20. The molecule has 152 valence electrons. The molecule has 2 aliphatic carbocycles. The number of ether oxygens (including phenoxy) is 4. The molecule has 4 atom stereocenters. The Morgan fingerprint density at radius 2 is 1.13 bits per heavy atom. The smallest absolute Gasteiger partial charge is 0.195 e. The van der Waals surface area contributed by atoms with Crippen molar-refractivity contribution < 1.29 is 18.9 Å². The summed E-state index contributed by atoms with van der Waals surface area (Å²) in [6.45, 7) is 0.828. The van der Waals surface area contributed by atoms with Crippen LogP contribution in [0.15, 0.2) is 48.5 Å². The van der Waals surface area contributed by atoms with Crippen LogP contribution in [0.1, 0.15) is 47.9 Å². The lowest BCUT2D eigenvalue weighted by Gasteiger charge is -2.62.